The second-order valence-corrected chi connectivity index (χ2v) is 6.37. The van der Waals surface area contributed by atoms with Gasteiger partial charge in [0.15, 0.2) is 5.82 Å². The van der Waals surface area contributed by atoms with Crippen LogP contribution in [0.3, 0.4) is 0 Å². The van der Waals surface area contributed by atoms with Crippen LogP contribution in [0.25, 0.3) is 0 Å². The third-order valence-corrected chi connectivity index (χ3v) is 3.90. The van der Waals surface area contributed by atoms with Crippen molar-refractivity contribution in [2.45, 2.75) is 27.2 Å². The Kier molecular flexibility index (Phi) is 3.52. The smallest absolute Gasteiger partial charge is 0.161 e. The summed E-state index contributed by atoms with van der Waals surface area (Å²) in [7, 11) is 0. The van der Waals surface area contributed by atoms with E-state index in [-0.39, 0.29) is 0 Å². The minimum Gasteiger partial charge on any atom is -0.389 e. The van der Waals surface area contributed by atoms with E-state index in [2.05, 4.69) is 35.9 Å². The molecule has 18 heavy (non-hydrogen) atoms. The van der Waals surface area contributed by atoms with E-state index < -0.39 is 0 Å². The Morgan fingerprint density at radius 3 is 2.78 bits per heavy atom. The van der Waals surface area contributed by atoms with E-state index in [9.17, 15) is 0 Å². The highest BCUT2D eigenvalue weighted by Crippen LogP contribution is 2.35. The van der Waals surface area contributed by atoms with Crippen molar-refractivity contribution in [3.8, 4) is 0 Å². The molecule has 2 heterocycles. The number of thiocarbonyl (C=S) groups is 1. The molecule has 0 bridgehead atoms. The predicted octanol–water partition coefficient (Wildman–Crippen LogP) is 1.98. The van der Waals surface area contributed by atoms with Crippen LogP contribution in [0.2, 0.25) is 0 Å². The zero-order valence-corrected chi connectivity index (χ0v) is 12.0. The van der Waals surface area contributed by atoms with Crippen LogP contribution in [0.4, 0.5) is 5.82 Å². The van der Waals surface area contributed by atoms with E-state index in [1.807, 2.05) is 6.07 Å². The van der Waals surface area contributed by atoms with Gasteiger partial charge >= 0.3 is 0 Å². The molecule has 0 spiro atoms. The molecule has 1 atom stereocenters. The van der Waals surface area contributed by atoms with Gasteiger partial charge in [0.1, 0.15) is 4.99 Å². The number of nitrogens with zero attached hydrogens (tertiary/aromatic N) is 3. The van der Waals surface area contributed by atoms with Crippen molar-refractivity contribution in [2.24, 2.45) is 17.1 Å². The van der Waals surface area contributed by atoms with Gasteiger partial charge in [-0.3, -0.25) is 0 Å². The van der Waals surface area contributed by atoms with Gasteiger partial charge in [0.2, 0.25) is 0 Å². The molecule has 1 aromatic rings. The lowest BCUT2D eigenvalue weighted by atomic mass is 9.80. The number of hydrogen-bond acceptors (Lipinski definition) is 4. The average molecular weight is 264 g/mol. The number of aromatic nitrogens is 2. The Labute approximate surface area is 114 Å². The van der Waals surface area contributed by atoms with Gasteiger partial charge in [-0.25, -0.2) is 0 Å². The lowest BCUT2D eigenvalue weighted by Gasteiger charge is -2.27. The van der Waals surface area contributed by atoms with Crippen molar-refractivity contribution in [3.05, 3.63) is 17.8 Å². The van der Waals surface area contributed by atoms with Crippen LogP contribution in [0, 0.1) is 11.3 Å². The largest absolute Gasteiger partial charge is 0.389 e. The van der Waals surface area contributed by atoms with Crippen LogP contribution >= 0.6 is 12.2 Å². The molecule has 1 aliphatic rings. The summed E-state index contributed by atoms with van der Waals surface area (Å²) >= 11 is 5.07. The third kappa shape index (κ3) is 2.61. The fourth-order valence-electron chi connectivity index (χ4n) is 2.41. The topological polar surface area (TPSA) is 55.0 Å². The maximum atomic E-state index is 5.74. The highest BCUT2D eigenvalue weighted by atomic mass is 32.1. The summed E-state index contributed by atoms with van der Waals surface area (Å²) in [5, 5.41) is 8.16. The summed E-state index contributed by atoms with van der Waals surface area (Å²) in [5.41, 5.74) is 6.89. The number of anilines is 1. The number of rotatable bonds is 2. The van der Waals surface area contributed by atoms with E-state index >= 15 is 0 Å². The van der Waals surface area contributed by atoms with E-state index in [0.717, 1.165) is 24.5 Å². The molecular formula is C13H20N4S. The van der Waals surface area contributed by atoms with Crippen molar-refractivity contribution in [1.29, 1.82) is 0 Å². The molecule has 98 valence electrons. The molecule has 0 aliphatic carbocycles. The molecular weight excluding hydrogens is 244 g/mol. The minimum atomic E-state index is 0.320. The number of hydrogen-bond donors (Lipinski definition) is 1. The summed E-state index contributed by atoms with van der Waals surface area (Å²) in [4.78, 5) is 2.64. The summed E-state index contributed by atoms with van der Waals surface area (Å²) < 4.78 is 0. The first-order chi connectivity index (χ1) is 8.39. The molecule has 0 aromatic carbocycles. The SMILES string of the molecule is CC(C)(C)C1CCN(c2nnccc2C(N)=S)C1. The highest BCUT2D eigenvalue weighted by molar-refractivity contribution is 7.80. The lowest BCUT2D eigenvalue weighted by molar-refractivity contribution is 0.263. The summed E-state index contributed by atoms with van der Waals surface area (Å²) in [6.45, 7) is 8.85. The average Bonchev–Trinajstić information content (AvgIpc) is 2.77. The Morgan fingerprint density at radius 2 is 2.22 bits per heavy atom. The van der Waals surface area contributed by atoms with Gasteiger partial charge < -0.3 is 10.6 Å². The summed E-state index contributed by atoms with van der Waals surface area (Å²) in [6, 6.07) is 1.84. The summed E-state index contributed by atoms with van der Waals surface area (Å²) in [6.07, 6.45) is 2.81. The molecule has 0 saturated carbocycles. The van der Waals surface area contributed by atoms with Crippen molar-refractivity contribution >= 4 is 23.0 Å². The van der Waals surface area contributed by atoms with Crippen LogP contribution in [-0.2, 0) is 0 Å². The van der Waals surface area contributed by atoms with E-state index in [1.54, 1.807) is 6.20 Å². The monoisotopic (exact) mass is 264 g/mol. The van der Waals surface area contributed by atoms with Gasteiger partial charge in [-0.1, -0.05) is 33.0 Å². The van der Waals surface area contributed by atoms with Crippen molar-refractivity contribution in [3.63, 3.8) is 0 Å². The summed E-state index contributed by atoms with van der Waals surface area (Å²) in [5.74, 6) is 1.50. The molecule has 1 saturated heterocycles. The van der Waals surface area contributed by atoms with E-state index in [0.29, 0.717) is 16.3 Å². The molecule has 0 amide bonds. The van der Waals surface area contributed by atoms with Crippen LogP contribution in [0.5, 0.6) is 0 Å². The van der Waals surface area contributed by atoms with Gasteiger partial charge in [-0.05, 0) is 23.8 Å². The first kappa shape index (κ1) is 13.2. The Hall–Kier alpha value is -1.23. The zero-order valence-electron chi connectivity index (χ0n) is 11.2. The molecule has 1 aromatic heterocycles. The van der Waals surface area contributed by atoms with Crippen LogP contribution < -0.4 is 10.6 Å². The first-order valence-corrected chi connectivity index (χ1v) is 6.67. The molecule has 0 radical (unpaired) electrons. The van der Waals surface area contributed by atoms with E-state index in [1.165, 1.54) is 6.42 Å². The van der Waals surface area contributed by atoms with Crippen LogP contribution in [0.15, 0.2) is 12.3 Å². The second-order valence-electron chi connectivity index (χ2n) is 5.93. The molecule has 5 heteroatoms. The molecule has 2 N–H and O–H groups in total. The number of nitrogens with two attached hydrogens (primary N) is 1. The second kappa shape index (κ2) is 4.80. The fraction of sp³-hybridized carbons (Fsp3) is 0.615. The molecule has 1 aliphatic heterocycles. The molecule has 1 unspecified atom stereocenters. The van der Waals surface area contributed by atoms with E-state index in [4.69, 9.17) is 18.0 Å². The molecule has 4 nitrogen and oxygen atoms in total. The van der Waals surface area contributed by atoms with Crippen LogP contribution in [-0.4, -0.2) is 28.3 Å². The Balaban J connectivity index is 2.22. The quantitative estimate of drug-likeness (QED) is 0.828. The Morgan fingerprint density at radius 1 is 1.50 bits per heavy atom. The normalized spacial score (nSPS) is 20.2. The maximum Gasteiger partial charge on any atom is 0.161 e. The molecule has 1 fully saturated rings. The van der Waals surface area contributed by atoms with Crippen molar-refractivity contribution in [1.82, 2.24) is 10.2 Å². The predicted molar refractivity (Wildman–Crippen MR) is 77.7 cm³/mol. The van der Waals surface area contributed by atoms with Gasteiger partial charge in [0, 0.05) is 13.1 Å². The zero-order chi connectivity index (χ0) is 13.3. The fourth-order valence-corrected chi connectivity index (χ4v) is 2.57. The standard InChI is InChI=1S/C13H20N4S/c1-13(2,3)9-5-7-17(8-9)12-10(11(14)18)4-6-15-16-12/h4,6,9H,5,7-8H2,1-3H3,(H2,14,18). The third-order valence-electron chi connectivity index (χ3n) is 3.68. The highest BCUT2D eigenvalue weighted by Gasteiger charge is 2.33. The van der Waals surface area contributed by atoms with Gasteiger partial charge in [0.25, 0.3) is 0 Å². The van der Waals surface area contributed by atoms with Gasteiger partial charge in [0.05, 0.1) is 11.8 Å². The van der Waals surface area contributed by atoms with Crippen molar-refractivity contribution < 1.29 is 0 Å². The Bertz CT molecular complexity index is 453. The lowest BCUT2D eigenvalue weighted by Crippen LogP contribution is -2.28. The van der Waals surface area contributed by atoms with Gasteiger partial charge in [-0.15, -0.1) is 5.10 Å². The molecule has 2 rings (SSSR count). The van der Waals surface area contributed by atoms with Crippen LogP contribution in [0.1, 0.15) is 32.8 Å². The maximum absolute atomic E-state index is 5.74. The minimum absolute atomic E-state index is 0.320. The van der Waals surface area contributed by atoms with Gasteiger partial charge in [-0.2, -0.15) is 5.10 Å². The van der Waals surface area contributed by atoms with Crippen molar-refractivity contribution in [2.75, 3.05) is 18.0 Å². The first-order valence-electron chi connectivity index (χ1n) is 6.26.